The number of hydrogen-bond acceptors (Lipinski definition) is 4. The van der Waals surface area contributed by atoms with Crippen LogP contribution in [0.3, 0.4) is 0 Å². The third kappa shape index (κ3) is 6.92. The van der Waals surface area contributed by atoms with Crippen LogP contribution in [0.5, 0.6) is 0 Å². The standard InChI is InChI=1S/C20H30ClN3O3.ClH/c1-14(2)17(24-18(25)15-4-6-16(21)7-5-15)19(26)23-12-20(13-27-3)8-10-22-11-9-20;/h4-7,14,17,22H,8-13H2,1-3H3,(H,23,26)(H,24,25);1H. The van der Waals surface area contributed by atoms with E-state index in [0.29, 0.717) is 23.7 Å². The fourth-order valence-corrected chi connectivity index (χ4v) is 3.51. The van der Waals surface area contributed by atoms with Crippen LogP contribution in [-0.2, 0) is 9.53 Å². The number of hydrogen-bond donors (Lipinski definition) is 3. The Balaban J connectivity index is 0.00000392. The lowest BCUT2D eigenvalue weighted by atomic mass is 9.79. The van der Waals surface area contributed by atoms with Crippen LogP contribution in [0.2, 0.25) is 5.02 Å². The van der Waals surface area contributed by atoms with Gasteiger partial charge in [0, 0.05) is 29.7 Å². The number of ether oxygens (including phenoxy) is 1. The summed E-state index contributed by atoms with van der Waals surface area (Å²) >= 11 is 5.87. The molecule has 2 rings (SSSR count). The first-order valence-electron chi connectivity index (χ1n) is 9.41. The van der Waals surface area contributed by atoms with Crippen LogP contribution in [0.15, 0.2) is 24.3 Å². The average molecular weight is 432 g/mol. The molecule has 1 aliphatic heterocycles. The van der Waals surface area contributed by atoms with Gasteiger partial charge in [-0.1, -0.05) is 25.4 Å². The normalized spacial score (nSPS) is 16.8. The Morgan fingerprint density at radius 1 is 1.21 bits per heavy atom. The van der Waals surface area contributed by atoms with Crippen LogP contribution in [0.4, 0.5) is 0 Å². The van der Waals surface area contributed by atoms with Crippen molar-refractivity contribution in [1.82, 2.24) is 16.0 Å². The predicted octanol–water partition coefficient (Wildman–Crippen LogP) is 2.65. The van der Waals surface area contributed by atoms with Gasteiger partial charge in [-0.3, -0.25) is 9.59 Å². The molecular formula is C20H31Cl2N3O3. The molecule has 28 heavy (non-hydrogen) atoms. The van der Waals surface area contributed by atoms with Gasteiger partial charge >= 0.3 is 0 Å². The highest BCUT2D eigenvalue weighted by Crippen LogP contribution is 2.28. The number of amides is 2. The molecule has 1 saturated heterocycles. The molecule has 8 heteroatoms. The van der Waals surface area contributed by atoms with Gasteiger partial charge in [0.15, 0.2) is 0 Å². The molecule has 3 N–H and O–H groups in total. The van der Waals surface area contributed by atoms with Crippen molar-refractivity contribution < 1.29 is 14.3 Å². The maximum absolute atomic E-state index is 12.8. The van der Waals surface area contributed by atoms with Crippen LogP contribution in [0.25, 0.3) is 0 Å². The molecule has 0 aromatic heterocycles. The second-order valence-electron chi connectivity index (χ2n) is 7.60. The lowest BCUT2D eigenvalue weighted by Crippen LogP contribution is -2.53. The van der Waals surface area contributed by atoms with E-state index in [1.54, 1.807) is 31.4 Å². The quantitative estimate of drug-likeness (QED) is 0.590. The first-order chi connectivity index (χ1) is 12.9. The van der Waals surface area contributed by atoms with Gasteiger partial charge in [0.25, 0.3) is 5.91 Å². The Morgan fingerprint density at radius 3 is 2.36 bits per heavy atom. The van der Waals surface area contributed by atoms with Gasteiger partial charge in [-0.25, -0.2) is 0 Å². The van der Waals surface area contributed by atoms with Crippen molar-refractivity contribution in [2.45, 2.75) is 32.7 Å². The van der Waals surface area contributed by atoms with Crippen molar-refractivity contribution >= 4 is 35.8 Å². The highest BCUT2D eigenvalue weighted by molar-refractivity contribution is 6.30. The fourth-order valence-electron chi connectivity index (χ4n) is 3.38. The smallest absolute Gasteiger partial charge is 0.251 e. The molecule has 0 spiro atoms. The van der Waals surface area contributed by atoms with E-state index in [4.69, 9.17) is 16.3 Å². The fraction of sp³-hybridized carbons (Fsp3) is 0.600. The minimum atomic E-state index is -0.602. The first kappa shape index (κ1) is 24.7. The number of halogens is 2. The zero-order valence-electron chi connectivity index (χ0n) is 16.7. The molecule has 2 amide bonds. The number of methoxy groups -OCH3 is 1. The van der Waals surface area contributed by atoms with Crippen molar-refractivity contribution in [2.75, 3.05) is 33.4 Å². The summed E-state index contributed by atoms with van der Waals surface area (Å²) in [7, 11) is 1.69. The summed E-state index contributed by atoms with van der Waals surface area (Å²) < 4.78 is 5.40. The van der Waals surface area contributed by atoms with Crippen LogP contribution in [-0.4, -0.2) is 51.2 Å². The van der Waals surface area contributed by atoms with Gasteiger partial charge in [-0.05, 0) is 56.1 Å². The predicted molar refractivity (Wildman–Crippen MR) is 114 cm³/mol. The molecule has 1 atom stereocenters. The summed E-state index contributed by atoms with van der Waals surface area (Å²) in [6.45, 7) is 6.82. The molecule has 1 unspecified atom stereocenters. The van der Waals surface area contributed by atoms with Gasteiger partial charge in [-0.2, -0.15) is 0 Å². The van der Waals surface area contributed by atoms with Crippen LogP contribution in [0.1, 0.15) is 37.0 Å². The molecule has 1 aliphatic rings. The highest BCUT2D eigenvalue weighted by atomic mass is 35.5. The number of carbonyl (C=O) groups is 2. The summed E-state index contributed by atoms with van der Waals surface area (Å²) in [4.78, 5) is 25.3. The molecular weight excluding hydrogens is 401 g/mol. The van der Waals surface area contributed by atoms with Crippen molar-refractivity contribution in [3.8, 4) is 0 Å². The highest BCUT2D eigenvalue weighted by Gasteiger charge is 2.34. The summed E-state index contributed by atoms with van der Waals surface area (Å²) in [5.74, 6) is -0.483. The molecule has 1 heterocycles. The Labute approximate surface area is 178 Å². The lowest BCUT2D eigenvalue weighted by molar-refractivity contribution is -0.124. The van der Waals surface area contributed by atoms with Gasteiger partial charge in [-0.15, -0.1) is 12.4 Å². The number of nitrogens with one attached hydrogen (secondary N) is 3. The second-order valence-corrected chi connectivity index (χ2v) is 8.04. The van der Waals surface area contributed by atoms with E-state index in [2.05, 4.69) is 16.0 Å². The van der Waals surface area contributed by atoms with Gasteiger partial charge in [0.1, 0.15) is 6.04 Å². The lowest BCUT2D eigenvalue weighted by Gasteiger charge is -2.37. The van der Waals surface area contributed by atoms with E-state index >= 15 is 0 Å². The Morgan fingerprint density at radius 2 is 1.82 bits per heavy atom. The minimum absolute atomic E-state index is 0. The van der Waals surface area contributed by atoms with Gasteiger partial charge in [0.2, 0.25) is 5.91 Å². The summed E-state index contributed by atoms with van der Waals surface area (Å²) in [5, 5.41) is 9.79. The van der Waals surface area contributed by atoms with E-state index in [0.717, 1.165) is 25.9 Å². The Bertz CT molecular complexity index is 627. The average Bonchev–Trinajstić information content (AvgIpc) is 2.65. The monoisotopic (exact) mass is 431 g/mol. The van der Waals surface area contributed by atoms with E-state index in [1.807, 2.05) is 13.8 Å². The molecule has 0 bridgehead atoms. The molecule has 1 fully saturated rings. The van der Waals surface area contributed by atoms with Gasteiger partial charge in [0.05, 0.1) is 6.61 Å². The third-order valence-electron chi connectivity index (χ3n) is 5.09. The van der Waals surface area contributed by atoms with Crippen molar-refractivity contribution in [3.63, 3.8) is 0 Å². The van der Waals surface area contributed by atoms with Crippen LogP contribution >= 0.6 is 24.0 Å². The number of piperidine rings is 1. The van der Waals surface area contributed by atoms with Gasteiger partial charge < -0.3 is 20.7 Å². The zero-order valence-corrected chi connectivity index (χ0v) is 18.3. The maximum Gasteiger partial charge on any atom is 0.251 e. The second kappa shape index (κ2) is 11.6. The maximum atomic E-state index is 12.8. The molecule has 6 nitrogen and oxygen atoms in total. The minimum Gasteiger partial charge on any atom is -0.384 e. The molecule has 1 aromatic carbocycles. The molecule has 1 aromatic rings. The zero-order chi connectivity index (χ0) is 19.9. The van der Waals surface area contributed by atoms with Crippen LogP contribution in [0, 0.1) is 11.3 Å². The molecule has 158 valence electrons. The largest absolute Gasteiger partial charge is 0.384 e. The topological polar surface area (TPSA) is 79.5 Å². The third-order valence-corrected chi connectivity index (χ3v) is 5.35. The number of rotatable bonds is 8. The first-order valence-corrected chi connectivity index (χ1v) is 9.78. The SMILES string of the molecule is COCC1(CNC(=O)C(NC(=O)c2ccc(Cl)cc2)C(C)C)CCNCC1.Cl. The Hall–Kier alpha value is -1.34. The van der Waals surface area contributed by atoms with Crippen LogP contribution < -0.4 is 16.0 Å². The van der Waals surface area contributed by atoms with E-state index in [-0.39, 0.29) is 35.6 Å². The molecule has 0 saturated carbocycles. The van der Waals surface area contributed by atoms with Crippen molar-refractivity contribution in [3.05, 3.63) is 34.9 Å². The van der Waals surface area contributed by atoms with E-state index < -0.39 is 6.04 Å². The Kier molecular flexibility index (Phi) is 10.2. The van der Waals surface area contributed by atoms with E-state index in [9.17, 15) is 9.59 Å². The molecule has 0 aliphatic carbocycles. The summed E-state index contributed by atoms with van der Waals surface area (Å²) in [5.41, 5.74) is 0.421. The van der Waals surface area contributed by atoms with Crippen molar-refractivity contribution in [2.24, 2.45) is 11.3 Å². The molecule has 0 radical (unpaired) electrons. The van der Waals surface area contributed by atoms with Crippen molar-refractivity contribution in [1.29, 1.82) is 0 Å². The number of carbonyl (C=O) groups excluding carboxylic acids is 2. The van der Waals surface area contributed by atoms with E-state index in [1.165, 1.54) is 0 Å². The summed E-state index contributed by atoms with van der Waals surface area (Å²) in [6, 6.07) is 6.01. The summed E-state index contributed by atoms with van der Waals surface area (Å²) in [6.07, 6.45) is 1.90. The number of benzene rings is 1.